The topological polar surface area (TPSA) is 0 Å². The zero-order chi connectivity index (χ0) is 7.61. The van der Waals surface area contributed by atoms with E-state index in [0.717, 1.165) is 0 Å². The van der Waals surface area contributed by atoms with Crippen molar-refractivity contribution < 1.29 is 0 Å². The van der Waals surface area contributed by atoms with Crippen LogP contribution in [0.1, 0.15) is 33.6 Å². The van der Waals surface area contributed by atoms with E-state index in [2.05, 4.69) is 20.8 Å². The fraction of sp³-hybridized carbons (Fsp3) is 1.00. The van der Waals surface area contributed by atoms with Gasteiger partial charge in [-0.25, -0.2) is 0 Å². The second-order valence-electron chi connectivity index (χ2n) is 3.70. The van der Waals surface area contributed by atoms with E-state index in [1.165, 1.54) is 23.7 Å². The summed E-state index contributed by atoms with van der Waals surface area (Å²) in [5, 5.41) is 0. The molecule has 1 saturated carbocycles. The standard InChI is InChI=1S/C9H20Si/c1-4-10(5-2,6-3)9-7-8-9/h9H,4-8H2,1-3H3. The van der Waals surface area contributed by atoms with Crippen molar-refractivity contribution in [3.05, 3.63) is 0 Å². The van der Waals surface area contributed by atoms with Crippen LogP contribution in [-0.4, -0.2) is 8.07 Å². The maximum atomic E-state index is 2.41. The average Bonchev–Trinajstić information content (AvgIpc) is 2.77. The number of hydrogen-bond acceptors (Lipinski definition) is 0. The Morgan fingerprint density at radius 1 is 1.00 bits per heavy atom. The Labute approximate surface area is 66.0 Å². The van der Waals surface area contributed by atoms with Gasteiger partial charge in [-0.1, -0.05) is 51.7 Å². The Kier molecular flexibility index (Phi) is 2.56. The SMILES string of the molecule is CC[Si](CC)(CC)C1CC1. The van der Waals surface area contributed by atoms with Gasteiger partial charge in [0.15, 0.2) is 0 Å². The summed E-state index contributed by atoms with van der Waals surface area (Å²) in [5.41, 5.74) is 1.23. The van der Waals surface area contributed by atoms with Crippen LogP contribution in [0.25, 0.3) is 0 Å². The molecule has 1 aliphatic carbocycles. The maximum absolute atomic E-state index is 2.41. The van der Waals surface area contributed by atoms with Gasteiger partial charge in [0.2, 0.25) is 0 Å². The Hall–Kier alpha value is 0.217. The van der Waals surface area contributed by atoms with Crippen molar-refractivity contribution in [3.63, 3.8) is 0 Å². The first-order valence-electron chi connectivity index (χ1n) is 4.79. The highest BCUT2D eigenvalue weighted by Gasteiger charge is 2.42. The molecule has 1 fully saturated rings. The molecule has 60 valence electrons. The molecule has 0 spiro atoms. The average molecular weight is 156 g/mol. The Bertz CT molecular complexity index is 93.0. The molecule has 0 nitrogen and oxygen atoms in total. The fourth-order valence-electron chi connectivity index (χ4n) is 2.31. The predicted octanol–water partition coefficient (Wildman–Crippen LogP) is 3.66. The van der Waals surface area contributed by atoms with Crippen LogP contribution in [0.15, 0.2) is 0 Å². The molecule has 0 aromatic heterocycles. The first-order chi connectivity index (χ1) is 4.79. The summed E-state index contributed by atoms with van der Waals surface area (Å²) in [5.74, 6) is 0. The van der Waals surface area contributed by atoms with Crippen LogP contribution in [0.3, 0.4) is 0 Å². The van der Waals surface area contributed by atoms with Gasteiger partial charge in [-0.15, -0.1) is 0 Å². The van der Waals surface area contributed by atoms with E-state index in [-0.39, 0.29) is 0 Å². The highest BCUT2D eigenvalue weighted by Crippen LogP contribution is 2.50. The van der Waals surface area contributed by atoms with Crippen LogP contribution in [0, 0.1) is 0 Å². The van der Waals surface area contributed by atoms with Gasteiger partial charge in [0.1, 0.15) is 0 Å². The molecule has 1 aliphatic rings. The molecule has 0 radical (unpaired) electrons. The molecular formula is C9H20Si. The molecule has 0 aliphatic heterocycles. The normalized spacial score (nSPS) is 19.5. The van der Waals surface area contributed by atoms with E-state index in [4.69, 9.17) is 0 Å². The molecule has 0 aromatic carbocycles. The Morgan fingerprint density at radius 2 is 1.40 bits per heavy atom. The van der Waals surface area contributed by atoms with Crippen LogP contribution in [0.2, 0.25) is 23.7 Å². The summed E-state index contributed by atoms with van der Waals surface area (Å²) in [6, 6.07) is 4.60. The van der Waals surface area contributed by atoms with E-state index in [1.54, 1.807) is 12.8 Å². The maximum Gasteiger partial charge on any atom is 0.0558 e. The smallest absolute Gasteiger partial charge is 0.0558 e. The third-order valence-corrected chi connectivity index (χ3v) is 10.1. The van der Waals surface area contributed by atoms with E-state index < -0.39 is 8.07 Å². The summed E-state index contributed by atoms with van der Waals surface area (Å²) >= 11 is 0. The predicted molar refractivity (Wildman–Crippen MR) is 50.2 cm³/mol. The van der Waals surface area contributed by atoms with Crippen LogP contribution in [0.5, 0.6) is 0 Å². The summed E-state index contributed by atoms with van der Waals surface area (Å²) in [6.07, 6.45) is 3.14. The lowest BCUT2D eigenvalue weighted by Crippen LogP contribution is -2.31. The summed E-state index contributed by atoms with van der Waals surface area (Å²) in [4.78, 5) is 0. The fourth-order valence-corrected chi connectivity index (χ4v) is 6.94. The van der Waals surface area contributed by atoms with E-state index in [1.807, 2.05) is 0 Å². The molecule has 0 saturated heterocycles. The Balaban J connectivity index is 2.52. The number of rotatable bonds is 4. The molecule has 0 N–H and O–H groups in total. The third-order valence-electron chi connectivity index (χ3n) is 3.56. The second-order valence-corrected chi connectivity index (χ2v) is 9.36. The van der Waals surface area contributed by atoms with Gasteiger partial charge in [0, 0.05) is 0 Å². The quantitative estimate of drug-likeness (QED) is 0.545. The molecule has 0 aromatic rings. The van der Waals surface area contributed by atoms with Crippen molar-refractivity contribution in [2.75, 3.05) is 0 Å². The van der Waals surface area contributed by atoms with Gasteiger partial charge >= 0.3 is 0 Å². The van der Waals surface area contributed by atoms with Crippen molar-refractivity contribution in [1.82, 2.24) is 0 Å². The minimum absolute atomic E-state index is 0.684. The van der Waals surface area contributed by atoms with Crippen LogP contribution in [-0.2, 0) is 0 Å². The highest BCUT2D eigenvalue weighted by molar-refractivity contribution is 6.81. The lowest BCUT2D eigenvalue weighted by molar-refractivity contribution is 1.09. The minimum atomic E-state index is -0.684. The molecule has 1 heteroatoms. The monoisotopic (exact) mass is 156 g/mol. The molecule has 0 amide bonds. The van der Waals surface area contributed by atoms with Crippen molar-refractivity contribution in [2.45, 2.75) is 57.3 Å². The summed E-state index contributed by atoms with van der Waals surface area (Å²) in [6.45, 7) is 7.24. The largest absolute Gasteiger partial charge is 0.0678 e. The van der Waals surface area contributed by atoms with Gasteiger partial charge in [-0.05, 0) is 5.54 Å². The lowest BCUT2D eigenvalue weighted by Gasteiger charge is -2.27. The van der Waals surface area contributed by atoms with Crippen LogP contribution in [0.4, 0.5) is 0 Å². The minimum Gasteiger partial charge on any atom is -0.0678 e. The molecule has 10 heavy (non-hydrogen) atoms. The zero-order valence-corrected chi connectivity index (χ0v) is 8.61. The van der Waals surface area contributed by atoms with Gasteiger partial charge < -0.3 is 0 Å². The van der Waals surface area contributed by atoms with Gasteiger partial charge in [-0.2, -0.15) is 0 Å². The molecule has 0 atom stereocenters. The highest BCUT2D eigenvalue weighted by atomic mass is 28.3. The van der Waals surface area contributed by atoms with E-state index in [0.29, 0.717) is 0 Å². The first-order valence-corrected chi connectivity index (χ1v) is 7.49. The molecule has 0 unspecified atom stereocenters. The molecular weight excluding hydrogens is 136 g/mol. The summed E-state index contributed by atoms with van der Waals surface area (Å²) < 4.78 is 0. The van der Waals surface area contributed by atoms with Crippen LogP contribution < -0.4 is 0 Å². The first kappa shape index (κ1) is 8.31. The van der Waals surface area contributed by atoms with E-state index >= 15 is 0 Å². The molecule has 0 heterocycles. The molecule has 1 rings (SSSR count). The van der Waals surface area contributed by atoms with Crippen molar-refractivity contribution in [2.24, 2.45) is 0 Å². The Morgan fingerprint density at radius 3 is 1.50 bits per heavy atom. The lowest BCUT2D eigenvalue weighted by atomic mass is 10.9. The third kappa shape index (κ3) is 1.29. The second kappa shape index (κ2) is 3.08. The van der Waals surface area contributed by atoms with Crippen molar-refractivity contribution in [3.8, 4) is 0 Å². The zero-order valence-electron chi connectivity index (χ0n) is 7.61. The van der Waals surface area contributed by atoms with Crippen molar-refractivity contribution >= 4 is 8.07 Å². The van der Waals surface area contributed by atoms with E-state index in [9.17, 15) is 0 Å². The van der Waals surface area contributed by atoms with Crippen LogP contribution >= 0.6 is 0 Å². The van der Waals surface area contributed by atoms with Gasteiger partial charge in [0.25, 0.3) is 0 Å². The molecule has 0 bridgehead atoms. The van der Waals surface area contributed by atoms with Gasteiger partial charge in [0.05, 0.1) is 8.07 Å². The van der Waals surface area contributed by atoms with Crippen molar-refractivity contribution in [1.29, 1.82) is 0 Å². The number of hydrogen-bond donors (Lipinski definition) is 0. The van der Waals surface area contributed by atoms with Gasteiger partial charge in [-0.3, -0.25) is 0 Å². The summed E-state index contributed by atoms with van der Waals surface area (Å²) in [7, 11) is -0.684.